The molecule has 0 N–H and O–H groups in total. The summed E-state index contributed by atoms with van der Waals surface area (Å²) in [5, 5.41) is 0. The lowest BCUT2D eigenvalue weighted by Crippen LogP contribution is -2.32. The third-order valence-electron chi connectivity index (χ3n) is 5.59. The number of carbonyl (C=O) groups is 1. The fourth-order valence-corrected chi connectivity index (χ4v) is 4.15. The second-order valence-electron chi connectivity index (χ2n) is 6.88. The predicted molar refractivity (Wildman–Crippen MR) is 96.9 cm³/mol. The van der Waals surface area contributed by atoms with Crippen LogP contribution in [0.4, 0.5) is 0 Å². The molecule has 0 aromatic heterocycles. The highest BCUT2D eigenvalue weighted by molar-refractivity contribution is 6.07. The molecule has 1 aliphatic carbocycles. The van der Waals surface area contributed by atoms with Crippen LogP contribution in [0, 0.1) is 11.3 Å². The summed E-state index contributed by atoms with van der Waals surface area (Å²) in [4.78, 5) is 12.7. The standard InChI is InChI=1S/C21H22O6/c1-5-8-21-10-16(23-3)17(22)19(24-4)20(21)27-18(12(21)2)13-6-7-14-15(9-13)26-11-25-14/h5-7,9-10,12,18H,1,8,11H2,2-4H3/t12-,18-,21-/m1/s1. The van der Waals surface area contributed by atoms with Gasteiger partial charge in [0.2, 0.25) is 12.6 Å². The second-order valence-corrected chi connectivity index (χ2v) is 6.88. The summed E-state index contributed by atoms with van der Waals surface area (Å²) < 4.78 is 28.0. The summed E-state index contributed by atoms with van der Waals surface area (Å²) >= 11 is 0. The van der Waals surface area contributed by atoms with Gasteiger partial charge in [-0.05, 0) is 30.2 Å². The second kappa shape index (κ2) is 6.37. The molecule has 3 aliphatic rings. The zero-order valence-corrected chi connectivity index (χ0v) is 15.6. The predicted octanol–water partition coefficient (Wildman–Crippen LogP) is 3.66. The van der Waals surface area contributed by atoms with E-state index in [0.717, 1.165) is 11.3 Å². The van der Waals surface area contributed by atoms with Crippen LogP contribution >= 0.6 is 0 Å². The molecule has 0 bridgehead atoms. The SMILES string of the molecule is C=CC[C@]12C=C(OC)C(=O)C(OC)=C1O[C@@H](c1ccc3c(c1)OCO3)[C@H]2C. The molecule has 0 radical (unpaired) electrons. The van der Waals surface area contributed by atoms with Crippen LogP contribution in [0.15, 0.2) is 54.2 Å². The van der Waals surface area contributed by atoms with Crippen molar-refractivity contribution in [2.75, 3.05) is 21.0 Å². The Balaban J connectivity index is 1.83. The van der Waals surface area contributed by atoms with Crippen LogP contribution in [0.1, 0.15) is 25.0 Å². The van der Waals surface area contributed by atoms with E-state index in [-0.39, 0.29) is 36.1 Å². The van der Waals surface area contributed by atoms with Gasteiger partial charge in [-0.3, -0.25) is 4.79 Å². The van der Waals surface area contributed by atoms with Gasteiger partial charge in [0.15, 0.2) is 23.0 Å². The molecular formula is C21H22O6. The summed E-state index contributed by atoms with van der Waals surface area (Å²) in [6.07, 6.45) is 4.00. The van der Waals surface area contributed by atoms with Crippen molar-refractivity contribution in [3.05, 3.63) is 59.8 Å². The first-order valence-corrected chi connectivity index (χ1v) is 8.83. The number of ketones is 1. The van der Waals surface area contributed by atoms with Gasteiger partial charge in [-0.25, -0.2) is 0 Å². The number of fused-ring (bicyclic) bond motifs is 2. The molecule has 0 unspecified atom stereocenters. The van der Waals surface area contributed by atoms with Gasteiger partial charge >= 0.3 is 0 Å². The highest BCUT2D eigenvalue weighted by atomic mass is 16.7. The van der Waals surface area contributed by atoms with Gasteiger partial charge in [-0.1, -0.05) is 19.1 Å². The number of hydrogen-bond donors (Lipinski definition) is 0. The third kappa shape index (κ3) is 2.43. The minimum atomic E-state index is -0.562. The van der Waals surface area contributed by atoms with Crippen LogP contribution in [0.25, 0.3) is 0 Å². The maximum absolute atomic E-state index is 12.7. The maximum atomic E-state index is 12.7. The van der Waals surface area contributed by atoms with Crippen LogP contribution in [-0.4, -0.2) is 26.8 Å². The van der Waals surface area contributed by atoms with Crippen LogP contribution in [0.5, 0.6) is 11.5 Å². The van der Waals surface area contributed by atoms with Crippen LogP contribution in [0.2, 0.25) is 0 Å². The number of allylic oxidation sites excluding steroid dienone is 2. The van der Waals surface area contributed by atoms with Gasteiger partial charge < -0.3 is 23.7 Å². The lowest BCUT2D eigenvalue weighted by molar-refractivity contribution is -0.119. The third-order valence-corrected chi connectivity index (χ3v) is 5.59. The average molecular weight is 370 g/mol. The summed E-state index contributed by atoms with van der Waals surface area (Å²) in [6.45, 7) is 6.21. The summed E-state index contributed by atoms with van der Waals surface area (Å²) in [5.74, 6) is 2.09. The Kier molecular flexibility index (Phi) is 4.13. The molecule has 1 aromatic rings. The Hall–Kier alpha value is -2.89. The van der Waals surface area contributed by atoms with E-state index in [4.69, 9.17) is 23.7 Å². The molecule has 3 atom stereocenters. The first kappa shape index (κ1) is 17.5. The van der Waals surface area contributed by atoms with Gasteiger partial charge in [0.25, 0.3) is 5.78 Å². The molecule has 0 amide bonds. The number of benzene rings is 1. The van der Waals surface area contributed by atoms with Crippen LogP contribution in [0.3, 0.4) is 0 Å². The van der Waals surface area contributed by atoms with Crippen molar-refractivity contribution in [1.82, 2.24) is 0 Å². The van der Waals surface area contributed by atoms with Gasteiger partial charge in [0, 0.05) is 5.92 Å². The smallest absolute Gasteiger partial charge is 0.265 e. The number of rotatable bonds is 5. The lowest BCUT2D eigenvalue weighted by Gasteiger charge is -2.32. The Morgan fingerprint density at radius 1 is 1.26 bits per heavy atom. The van der Waals surface area contributed by atoms with E-state index in [0.29, 0.717) is 17.9 Å². The average Bonchev–Trinajstić information content (AvgIpc) is 3.25. The monoisotopic (exact) mass is 370 g/mol. The van der Waals surface area contributed by atoms with E-state index in [1.165, 1.54) is 14.2 Å². The first-order valence-electron chi connectivity index (χ1n) is 8.83. The van der Waals surface area contributed by atoms with Crippen molar-refractivity contribution < 1.29 is 28.5 Å². The molecule has 27 heavy (non-hydrogen) atoms. The van der Waals surface area contributed by atoms with Crippen molar-refractivity contribution in [1.29, 1.82) is 0 Å². The molecule has 0 saturated carbocycles. The highest BCUT2D eigenvalue weighted by Gasteiger charge is 2.56. The van der Waals surface area contributed by atoms with Crippen LogP contribution in [-0.2, 0) is 19.0 Å². The Morgan fingerprint density at radius 3 is 2.74 bits per heavy atom. The van der Waals surface area contributed by atoms with Crippen molar-refractivity contribution in [3.63, 3.8) is 0 Å². The van der Waals surface area contributed by atoms with E-state index in [1.54, 1.807) is 0 Å². The van der Waals surface area contributed by atoms with E-state index >= 15 is 0 Å². The van der Waals surface area contributed by atoms with Crippen molar-refractivity contribution in [2.24, 2.45) is 11.3 Å². The van der Waals surface area contributed by atoms with Crippen molar-refractivity contribution in [2.45, 2.75) is 19.4 Å². The molecule has 142 valence electrons. The Labute approximate surface area is 158 Å². The van der Waals surface area contributed by atoms with Gasteiger partial charge in [-0.15, -0.1) is 6.58 Å². The summed E-state index contributed by atoms with van der Waals surface area (Å²) in [7, 11) is 2.96. The van der Waals surface area contributed by atoms with Gasteiger partial charge in [0.1, 0.15) is 6.10 Å². The Morgan fingerprint density at radius 2 is 2.04 bits per heavy atom. The number of Topliss-reactive ketones (excluding diaryl/α,β-unsaturated/α-hetero) is 1. The number of hydrogen-bond acceptors (Lipinski definition) is 6. The molecule has 1 saturated heterocycles. The van der Waals surface area contributed by atoms with E-state index in [9.17, 15) is 4.79 Å². The molecule has 1 fully saturated rings. The van der Waals surface area contributed by atoms with Crippen molar-refractivity contribution >= 4 is 5.78 Å². The number of methoxy groups -OCH3 is 2. The molecule has 6 nitrogen and oxygen atoms in total. The maximum Gasteiger partial charge on any atom is 0.265 e. The van der Waals surface area contributed by atoms with Gasteiger partial charge in [0.05, 0.1) is 19.6 Å². The lowest BCUT2D eigenvalue weighted by atomic mass is 9.68. The summed E-state index contributed by atoms with van der Waals surface area (Å²) in [6, 6.07) is 5.77. The molecule has 0 spiro atoms. The largest absolute Gasteiger partial charge is 0.493 e. The fraction of sp³-hybridized carbons (Fsp3) is 0.381. The zero-order valence-electron chi connectivity index (χ0n) is 15.6. The number of ether oxygens (including phenoxy) is 5. The Bertz CT molecular complexity index is 867. The molecule has 6 heteroatoms. The zero-order chi connectivity index (χ0) is 19.2. The normalized spacial score (nSPS) is 28.4. The van der Waals surface area contributed by atoms with Gasteiger partial charge in [-0.2, -0.15) is 0 Å². The summed E-state index contributed by atoms with van der Waals surface area (Å²) in [5.41, 5.74) is 0.389. The first-order chi connectivity index (χ1) is 13.1. The van der Waals surface area contributed by atoms with E-state index in [1.807, 2.05) is 30.4 Å². The van der Waals surface area contributed by atoms with E-state index < -0.39 is 5.41 Å². The number of carbonyl (C=O) groups excluding carboxylic acids is 1. The molecular weight excluding hydrogens is 348 g/mol. The topological polar surface area (TPSA) is 63.2 Å². The molecule has 1 aromatic carbocycles. The molecule has 4 rings (SSSR count). The van der Waals surface area contributed by atoms with E-state index in [2.05, 4.69) is 13.5 Å². The molecule has 2 aliphatic heterocycles. The van der Waals surface area contributed by atoms with Crippen molar-refractivity contribution in [3.8, 4) is 11.5 Å². The minimum Gasteiger partial charge on any atom is -0.493 e. The van der Waals surface area contributed by atoms with Crippen LogP contribution < -0.4 is 9.47 Å². The fourth-order valence-electron chi connectivity index (χ4n) is 4.15. The quantitative estimate of drug-likeness (QED) is 0.737. The minimum absolute atomic E-state index is 0.00858. The molecule has 2 heterocycles. The highest BCUT2D eigenvalue weighted by Crippen LogP contribution is 2.59.